The van der Waals surface area contributed by atoms with Gasteiger partial charge in [-0.3, -0.25) is 9.69 Å². The second kappa shape index (κ2) is 4.78. The normalized spacial score (nSPS) is 19.5. The van der Waals surface area contributed by atoms with E-state index in [1.807, 2.05) is 6.07 Å². The molecule has 18 heavy (non-hydrogen) atoms. The number of amides is 2. The first-order valence-electron chi connectivity index (χ1n) is 5.90. The maximum Gasteiger partial charge on any atom is 0.324 e. The molecule has 1 atom stereocenters. The van der Waals surface area contributed by atoms with Gasteiger partial charge >= 0.3 is 6.03 Å². The second-order valence-corrected chi connectivity index (χ2v) is 4.50. The minimum Gasteiger partial charge on any atom is -0.328 e. The van der Waals surface area contributed by atoms with E-state index in [1.165, 1.54) is 6.92 Å². The molecule has 2 N–H and O–H groups in total. The molecule has 0 aromatic heterocycles. The van der Waals surface area contributed by atoms with Crippen molar-refractivity contribution in [3.63, 3.8) is 0 Å². The molecule has 0 radical (unpaired) electrons. The number of hydrogen-bond donors (Lipinski definition) is 1. The van der Waals surface area contributed by atoms with Crippen LogP contribution in [0.5, 0.6) is 0 Å². The Kier molecular flexibility index (Phi) is 3.34. The molecule has 5 heteroatoms. The summed E-state index contributed by atoms with van der Waals surface area (Å²) in [5, 5.41) is 0. The zero-order valence-electron chi connectivity index (χ0n) is 10.6. The Hall–Kier alpha value is -1.88. The van der Waals surface area contributed by atoms with E-state index < -0.39 is 0 Å². The first-order valence-corrected chi connectivity index (χ1v) is 5.90. The van der Waals surface area contributed by atoms with Crippen LogP contribution in [0.3, 0.4) is 0 Å². The molecule has 5 nitrogen and oxygen atoms in total. The molecule has 1 aromatic carbocycles. The molecule has 1 fully saturated rings. The fourth-order valence-electron chi connectivity index (χ4n) is 2.10. The lowest BCUT2D eigenvalue weighted by Gasteiger charge is -2.16. The van der Waals surface area contributed by atoms with Gasteiger partial charge in [0.05, 0.1) is 6.04 Å². The van der Waals surface area contributed by atoms with Gasteiger partial charge in [-0.25, -0.2) is 4.79 Å². The van der Waals surface area contributed by atoms with Crippen molar-refractivity contribution in [2.24, 2.45) is 5.73 Å². The molecular formula is C13H17N3O2. The summed E-state index contributed by atoms with van der Waals surface area (Å²) in [4.78, 5) is 26.7. The van der Waals surface area contributed by atoms with Gasteiger partial charge < -0.3 is 10.6 Å². The standard InChI is InChI=1S/C13H17N3O2/c1-9(17)10-4-3-5-11(6-10)16-8-12(7-14)15(2)13(16)18/h3-6,12H,7-8,14H2,1-2H3. The van der Waals surface area contributed by atoms with Crippen molar-refractivity contribution in [1.82, 2.24) is 4.90 Å². The number of Topliss-reactive ketones (excluding diaryl/α,β-unsaturated/α-hetero) is 1. The molecule has 1 aliphatic rings. The summed E-state index contributed by atoms with van der Waals surface area (Å²) in [5.41, 5.74) is 6.99. The number of likely N-dealkylation sites (N-methyl/N-ethyl adjacent to an activating group) is 1. The number of hydrogen-bond acceptors (Lipinski definition) is 3. The third-order valence-corrected chi connectivity index (χ3v) is 3.31. The molecular weight excluding hydrogens is 230 g/mol. The van der Waals surface area contributed by atoms with Crippen molar-refractivity contribution in [2.45, 2.75) is 13.0 Å². The summed E-state index contributed by atoms with van der Waals surface area (Å²) in [5.74, 6) is -0.00720. The van der Waals surface area contributed by atoms with Crippen LogP contribution in [-0.4, -0.2) is 42.9 Å². The number of benzene rings is 1. The van der Waals surface area contributed by atoms with Gasteiger partial charge in [-0.1, -0.05) is 12.1 Å². The summed E-state index contributed by atoms with van der Waals surface area (Å²) < 4.78 is 0. The van der Waals surface area contributed by atoms with Gasteiger partial charge in [0.15, 0.2) is 5.78 Å². The average molecular weight is 247 g/mol. The molecule has 0 saturated carbocycles. The van der Waals surface area contributed by atoms with Gasteiger partial charge in [-0.05, 0) is 19.1 Å². The number of nitrogens with zero attached hydrogens (tertiary/aromatic N) is 2. The van der Waals surface area contributed by atoms with E-state index in [-0.39, 0.29) is 17.9 Å². The van der Waals surface area contributed by atoms with Crippen LogP contribution in [0.1, 0.15) is 17.3 Å². The van der Waals surface area contributed by atoms with Gasteiger partial charge in [0, 0.05) is 31.4 Å². The lowest BCUT2D eigenvalue weighted by molar-refractivity contribution is 0.101. The molecule has 2 rings (SSSR count). The monoisotopic (exact) mass is 247 g/mol. The Morgan fingerprint density at radius 1 is 1.50 bits per heavy atom. The summed E-state index contributed by atoms with van der Waals surface area (Å²) in [6, 6.07) is 7.06. The van der Waals surface area contributed by atoms with Gasteiger partial charge in [0.1, 0.15) is 0 Å². The van der Waals surface area contributed by atoms with E-state index in [0.29, 0.717) is 18.7 Å². The van der Waals surface area contributed by atoms with Gasteiger partial charge in [-0.15, -0.1) is 0 Å². The van der Waals surface area contributed by atoms with Crippen LogP contribution in [0, 0.1) is 0 Å². The minimum absolute atomic E-state index is 0.00720. The quantitative estimate of drug-likeness (QED) is 0.813. The van der Waals surface area contributed by atoms with Crippen LogP contribution in [0.4, 0.5) is 10.5 Å². The van der Waals surface area contributed by atoms with Crippen molar-refractivity contribution in [1.29, 1.82) is 0 Å². The minimum atomic E-state index is -0.0776. The van der Waals surface area contributed by atoms with E-state index in [9.17, 15) is 9.59 Å². The zero-order chi connectivity index (χ0) is 13.3. The van der Waals surface area contributed by atoms with E-state index in [4.69, 9.17) is 5.73 Å². The first kappa shape index (κ1) is 12.6. The number of urea groups is 1. The Balaban J connectivity index is 2.30. The average Bonchev–Trinajstić information content (AvgIpc) is 2.66. The highest BCUT2D eigenvalue weighted by atomic mass is 16.2. The number of rotatable bonds is 3. The molecule has 0 aliphatic carbocycles. The maximum atomic E-state index is 12.1. The van der Waals surface area contributed by atoms with E-state index in [1.54, 1.807) is 35.0 Å². The third-order valence-electron chi connectivity index (χ3n) is 3.31. The van der Waals surface area contributed by atoms with E-state index >= 15 is 0 Å². The molecule has 1 unspecified atom stereocenters. The third kappa shape index (κ3) is 2.09. The smallest absolute Gasteiger partial charge is 0.324 e. The van der Waals surface area contributed by atoms with Crippen molar-refractivity contribution in [3.05, 3.63) is 29.8 Å². The van der Waals surface area contributed by atoms with Gasteiger partial charge in [0.25, 0.3) is 0 Å². The molecule has 96 valence electrons. The predicted molar refractivity (Wildman–Crippen MR) is 69.8 cm³/mol. The van der Waals surface area contributed by atoms with Crippen LogP contribution >= 0.6 is 0 Å². The van der Waals surface area contributed by atoms with Crippen LogP contribution in [0.2, 0.25) is 0 Å². The lowest BCUT2D eigenvalue weighted by atomic mass is 10.1. The summed E-state index contributed by atoms with van der Waals surface area (Å²) in [6.45, 7) is 2.51. The maximum absolute atomic E-state index is 12.1. The molecule has 1 saturated heterocycles. The number of carbonyl (C=O) groups is 2. The molecule has 0 spiro atoms. The van der Waals surface area contributed by atoms with Crippen molar-refractivity contribution >= 4 is 17.5 Å². The van der Waals surface area contributed by atoms with Crippen molar-refractivity contribution in [3.8, 4) is 0 Å². The topological polar surface area (TPSA) is 66.6 Å². The fourth-order valence-corrected chi connectivity index (χ4v) is 2.10. The van der Waals surface area contributed by atoms with Crippen molar-refractivity contribution < 1.29 is 9.59 Å². The van der Waals surface area contributed by atoms with Crippen LogP contribution in [-0.2, 0) is 0 Å². The number of ketones is 1. The molecule has 1 heterocycles. The highest BCUT2D eigenvalue weighted by Gasteiger charge is 2.34. The Morgan fingerprint density at radius 2 is 2.22 bits per heavy atom. The molecule has 1 aliphatic heterocycles. The Bertz CT molecular complexity index is 487. The Morgan fingerprint density at radius 3 is 2.78 bits per heavy atom. The van der Waals surface area contributed by atoms with Gasteiger partial charge in [-0.2, -0.15) is 0 Å². The molecule has 2 amide bonds. The fraction of sp³-hybridized carbons (Fsp3) is 0.385. The lowest BCUT2D eigenvalue weighted by Crippen LogP contribution is -2.35. The Labute approximate surface area is 106 Å². The summed E-state index contributed by atoms with van der Waals surface area (Å²) in [7, 11) is 1.74. The summed E-state index contributed by atoms with van der Waals surface area (Å²) >= 11 is 0. The summed E-state index contributed by atoms with van der Waals surface area (Å²) in [6.07, 6.45) is 0. The van der Waals surface area contributed by atoms with Crippen LogP contribution < -0.4 is 10.6 Å². The SMILES string of the molecule is CC(=O)c1cccc(N2CC(CN)N(C)C2=O)c1. The second-order valence-electron chi connectivity index (χ2n) is 4.50. The zero-order valence-corrected chi connectivity index (χ0v) is 10.6. The highest BCUT2D eigenvalue weighted by molar-refractivity contribution is 5.98. The highest BCUT2D eigenvalue weighted by Crippen LogP contribution is 2.23. The predicted octanol–water partition coefficient (Wildman–Crippen LogP) is 1.09. The molecule has 0 bridgehead atoms. The van der Waals surface area contributed by atoms with Crippen LogP contribution in [0.25, 0.3) is 0 Å². The van der Waals surface area contributed by atoms with Crippen LogP contribution in [0.15, 0.2) is 24.3 Å². The number of anilines is 1. The molecule has 1 aromatic rings. The van der Waals surface area contributed by atoms with Crippen molar-refractivity contribution in [2.75, 3.05) is 25.0 Å². The largest absolute Gasteiger partial charge is 0.328 e. The first-order chi connectivity index (χ1) is 8.54. The number of carbonyl (C=O) groups excluding carboxylic acids is 2. The van der Waals surface area contributed by atoms with Gasteiger partial charge in [0.2, 0.25) is 0 Å². The van der Waals surface area contributed by atoms with E-state index in [0.717, 1.165) is 5.69 Å². The van der Waals surface area contributed by atoms with E-state index in [2.05, 4.69) is 0 Å². The number of nitrogens with two attached hydrogens (primary N) is 1.